The van der Waals surface area contributed by atoms with E-state index >= 15 is 0 Å². The lowest BCUT2D eigenvalue weighted by molar-refractivity contribution is -0.869. The van der Waals surface area contributed by atoms with Gasteiger partial charge in [-0.2, -0.15) is 0 Å². The molecular weight excluding hydrogens is 348 g/mol. The second kappa shape index (κ2) is 8.95. The number of quaternary nitrogens is 1. The van der Waals surface area contributed by atoms with Crippen molar-refractivity contribution in [3.63, 3.8) is 0 Å². The highest BCUT2D eigenvalue weighted by Crippen LogP contribution is 2.25. The minimum atomic E-state index is -0.517. The van der Waals surface area contributed by atoms with Crippen LogP contribution in [0.25, 0.3) is 0 Å². The number of rotatable bonds is 7. The molecule has 0 unspecified atom stereocenters. The van der Waals surface area contributed by atoms with Crippen LogP contribution in [0.2, 0.25) is 0 Å². The van der Waals surface area contributed by atoms with Gasteiger partial charge in [0.1, 0.15) is 5.75 Å². The number of nitrogens with zero attached hydrogens (tertiary/aromatic N) is 3. The Kier molecular flexibility index (Phi) is 6.67. The van der Waals surface area contributed by atoms with Crippen molar-refractivity contribution in [1.82, 2.24) is 15.3 Å². The molecule has 9 heteroatoms. The molecule has 0 bridgehead atoms. The number of carbonyl (C=O) groups is 2. The Bertz CT molecular complexity index is 789. The molecule has 0 saturated heterocycles. The molecule has 2 aromatic rings. The summed E-state index contributed by atoms with van der Waals surface area (Å²) in [5, 5.41) is 8.09. The fourth-order valence-electron chi connectivity index (χ4n) is 2.19. The number of ether oxygens (including phenoxy) is 1. The van der Waals surface area contributed by atoms with Gasteiger partial charge in [0.15, 0.2) is 5.82 Å². The smallest absolute Gasteiger partial charge is 0.324 e. The van der Waals surface area contributed by atoms with Crippen molar-refractivity contribution in [2.45, 2.75) is 0 Å². The van der Waals surface area contributed by atoms with Crippen molar-refractivity contribution in [2.75, 3.05) is 52.0 Å². The van der Waals surface area contributed by atoms with Crippen LogP contribution in [-0.4, -0.2) is 67.7 Å². The average Bonchev–Trinajstić information content (AvgIpc) is 2.61. The summed E-state index contributed by atoms with van der Waals surface area (Å²) in [5.41, 5.74) is 0.796. The Labute approximate surface area is 158 Å². The van der Waals surface area contributed by atoms with Gasteiger partial charge in [0.25, 0.3) is 5.91 Å². The molecule has 0 spiro atoms. The van der Waals surface area contributed by atoms with Gasteiger partial charge in [-0.25, -0.2) is 9.78 Å². The number of methoxy groups -OCH3 is 1. The number of carbonyl (C=O) groups excluding carboxylic acids is 2. The quantitative estimate of drug-likeness (QED) is 0.639. The number of aromatic nitrogens is 2. The van der Waals surface area contributed by atoms with Crippen LogP contribution < -0.4 is 20.7 Å². The van der Waals surface area contributed by atoms with Gasteiger partial charge in [0.05, 0.1) is 53.2 Å². The lowest BCUT2D eigenvalue weighted by atomic mass is 10.1. The zero-order valence-corrected chi connectivity index (χ0v) is 15.9. The Morgan fingerprint density at radius 3 is 2.56 bits per heavy atom. The van der Waals surface area contributed by atoms with E-state index in [4.69, 9.17) is 4.74 Å². The maximum absolute atomic E-state index is 12.4. The summed E-state index contributed by atoms with van der Waals surface area (Å²) in [4.78, 5) is 32.4. The third kappa shape index (κ3) is 6.55. The van der Waals surface area contributed by atoms with Crippen LogP contribution in [0.1, 0.15) is 10.4 Å². The number of urea groups is 1. The molecular formula is C18H25N6O3+. The van der Waals surface area contributed by atoms with Gasteiger partial charge >= 0.3 is 6.03 Å². The number of hydrogen-bond acceptors (Lipinski definition) is 5. The number of hydrogen-bond donors (Lipinski definition) is 3. The standard InChI is InChI=1S/C18H24N6O3/c1-24(2,3)10-9-21-17(25)13-5-6-15(27-4)14(11-13)22-18(26)23-16-12-19-7-8-20-16/h5-8,11-12H,9-10H2,1-4H3,(H2-,20,21,22,23,25,26)/p+1. The van der Waals surface area contributed by atoms with E-state index in [0.717, 1.165) is 11.0 Å². The second-order valence-electron chi connectivity index (χ2n) is 6.85. The normalized spacial score (nSPS) is 10.8. The van der Waals surface area contributed by atoms with Crippen molar-refractivity contribution in [3.05, 3.63) is 42.4 Å². The van der Waals surface area contributed by atoms with E-state index in [1.165, 1.54) is 25.7 Å². The maximum atomic E-state index is 12.4. The van der Waals surface area contributed by atoms with Crippen LogP contribution in [0.5, 0.6) is 5.75 Å². The van der Waals surface area contributed by atoms with Gasteiger partial charge in [-0.1, -0.05) is 0 Å². The van der Waals surface area contributed by atoms with Crippen LogP contribution in [0.3, 0.4) is 0 Å². The number of benzene rings is 1. The Hall–Kier alpha value is -3.20. The third-order valence-electron chi connectivity index (χ3n) is 3.58. The van der Waals surface area contributed by atoms with Crippen LogP contribution in [0.15, 0.2) is 36.8 Å². The summed E-state index contributed by atoms with van der Waals surface area (Å²) in [6, 6.07) is 4.32. The van der Waals surface area contributed by atoms with Gasteiger partial charge in [-0.05, 0) is 18.2 Å². The number of likely N-dealkylation sites (N-methyl/N-ethyl adjacent to an activating group) is 1. The van der Waals surface area contributed by atoms with Gasteiger partial charge in [-0.3, -0.25) is 15.1 Å². The van der Waals surface area contributed by atoms with Gasteiger partial charge in [0, 0.05) is 18.0 Å². The summed E-state index contributed by atoms with van der Waals surface area (Å²) in [6.45, 7) is 1.35. The molecule has 0 aliphatic carbocycles. The Morgan fingerprint density at radius 2 is 1.93 bits per heavy atom. The zero-order chi connectivity index (χ0) is 19.9. The van der Waals surface area contributed by atoms with E-state index in [9.17, 15) is 9.59 Å². The first-order valence-corrected chi connectivity index (χ1v) is 8.39. The topological polar surface area (TPSA) is 105 Å². The molecule has 0 saturated carbocycles. The molecule has 0 aliphatic rings. The Morgan fingerprint density at radius 1 is 1.15 bits per heavy atom. The molecule has 0 radical (unpaired) electrons. The first-order valence-electron chi connectivity index (χ1n) is 8.39. The van der Waals surface area contributed by atoms with E-state index in [2.05, 4.69) is 47.1 Å². The zero-order valence-electron chi connectivity index (χ0n) is 15.9. The van der Waals surface area contributed by atoms with Crippen molar-refractivity contribution >= 4 is 23.4 Å². The molecule has 9 nitrogen and oxygen atoms in total. The molecule has 27 heavy (non-hydrogen) atoms. The first kappa shape index (κ1) is 20.1. The molecule has 1 aromatic carbocycles. The number of nitrogens with one attached hydrogen (secondary N) is 3. The highest BCUT2D eigenvalue weighted by molar-refractivity contribution is 6.02. The average molecular weight is 373 g/mol. The van der Waals surface area contributed by atoms with Crippen molar-refractivity contribution in [3.8, 4) is 5.75 Å². The molecule has 2 rings (SSSR count). The van der Waals surface area contributed by atoms with Crippen LogP contribution in [0, 0.1) is 0 Å². The van der Waals surface area contributed by atoms with Crippen molar-refractivity contribution in [1.29, 1.82) is 0 Å². The maximum Gasteiger partial charge on any atom is 0.324 e. The van der Waals surface area contributed by atoms with Gasteiger partial charge in [0.2, 0.25) is 0 Å². The van der Waals surface area contributed by atoms with E-state index in [-0.39, 0.29) is 5.91 Å². The first-order chi connectivity index (χ1) is 12.8. The van der Waals surface area contributed by atoms with Gasteiger partial charge < -0.3 is 19.9 Å². The largest absolute Gasteiger partial charge is 0.495 e. The molecule has 0 aliphatic heterocycles. The van der Waals surface area contributed by atoms with Crippen molar-refractivity contribution in [2.24, 2.45) is 0 Å². The molecule has 0 atom stereocenters. The fourth-order valence-corrected chi connectivity index (χ4v) is 2.19. The summed E-state index contributed by atoms with van der Waals surface area (Å²) in [6.07, 6.45) is 4.40. The van der Waals surface area contributed by atoms with E-state index < -0.39 is 6.03 Å². The number of amides is 3. The third-order valence-corrected chi connectivity index (χ3v) is 3.58. The predicted molar refractivity (Wildman–Crippen MR) is 103 cm³/mol. The van der Waals surface area contributed by atoms with E-state index in [0.29, 0.717) is 29.4 Å². The lowest BCUT2D eigenvalue weighted by Crippen LogP contribution is -2.41. The minimum absolute atomic E-state index is 0.219. The lowest BCUT2D eigenvalue weighted by Gasteiger charge is -2.23. The van der Waals surface area contributed by atoms with Gasteiger partial charge in [-0.15, -0.1) is 0 Å². The predicted octanol–water partition coefficient (Wildman–Crippen LogP) is 1.57. The SMILES string of the molecule is COc1ccc(C(=O)NCC[N+](C)(C)C)cc1NC(=O)Nc1cnccn1. The molecule has 144 valence electrons. The molecule has 1 aromatic heterocycles. The minimum Gasteiger partial charge on any atom is -0.495 e. The number of anilines is 2. The monoisotopic (exact) mass is 373 g/mol. The molecule has 1 heterocycles. The summed E-state index contributed by atoms with van der Waals surface area (Å²) >= 11 is 0. The fraction of sp³-hybridized carbons (Fsp3) is 0.333. The summed E-state index contributed by atoms with van der Waals surface area (Å²) in [7, 11) is 7.65. The molecule has 3 N–H and O–H groups in total. The molecule has 0 fully saturated rings. The van der Waals surface area contributed by atoms with Crippen LogP contribution in [0.4, 0.5) is 16.3 Å². The molecule has 3 amide bonds. The summed E-state index contributed by atoms with van der Waals surface area (Å²) < 4.78 is 6.00. The van der Waals surface area contributed by atoms with Crippen molar-refractivity contribution < 1.29 is 18.8 Å². The second-order valence-corrected chi connectivity index (χ2v) is 6.85. The highest BCUT2D eigenvalue weighted by atomic mass is 16.5. The van der Waals surface area contributed by atoms with Crippen LogP contribution >= 0.6 is 0 Å². The van der Waals surface area contributed by atoms with Crippen LogP contribution in [-0.2, 0) is 0 Å². The van der Waals surface area contributed by atoms with E-state index in [1.54, 1.807) is 18.2 Å². The van der Waals surface area contributed by atoms with E-state index in [1.807, 2.05) is 0 Å². The highest BCUT2D eigenvalue weighted by Gasteiger charge is 2.14. The summed E-state index contributed by atoms with van der Waals surface area (Å²) in [5.74, 6) is 0.527. The Balaban J connectivity index is 2.05.